The second kappa shape index (κ2) is 9.35. The summed E-state index contributed by atoms with van der Waals surface area (Å²) in [6, 6.07) is 11.0. The number of hydrogen-bond acceptors (Lipinski definition) is 3. The first-order valence-corrected chi connectivity index (χ1v) is 10.4. The smallest absolute Gasteiger partial charge is 0.249 e. The molecule has 2 amide bonds. The zero-order chi connectivity index (χ0) is 21.1. The number of nitrogens with two attached hydrogens (primary N) is 1. The Morgan fingerprint density at radius 2 is 1.79 bits per heavy atom. The van der Waals surface area contributed by atoms with Crippen molar-refractivity contribution < 1.29 is 14.3 Å². The molecule has 1 fully saturated rings. The molecule has 1 aliphatic rings. The van der Waals surface area contributed by atoms with Gasteiger partial charge in [0.1, 0.15) is 18.8 Å². The van der Waals surface area contributed by atoms with E-state index in [1.54, 1.807) is 35.2 Å². The number of morpholine rings is 1. The van der Waals surface area contributed by atoms with Crippen LogP contribution in [0.5, 0.6) is 0 Å². The minimum Gasteiger partial charge on any atom is -0.368 e. The van der Waals surface area contributed by atoms with E-state index in [1.807, 2.05) is 19.1 Å². The highest BCUT2D eigenvalue weighted by molar-refractivity contribution is 6.42. The summed E-state index contributed by atoms with van der Waals surface area (Å²) in [7, 11) is 0. The van der Waals surface area contributed by atoms with E-state index in [0.29, 0.717) is 27.9 Å². The first-order chi connectivity index (χ1) is 13.8. The van der Waals surface area contributed by atoms with Gasteiger partial charge in [0.15, 0.2) is 0 Å². The van der Waals surface area contributed by atoms with Gasteiger partial charge in [0.2, 0.25) is 11.8 Å². The van der Waals surface area contributed by atoms with Gasteiger partial charge in [-0.2, -0.15) is 0 Å². The fourth-order valence-corrected chi connectivity index (χ4v) is 4.08. The lowest BCUT2D eigenvalue weighted by Gasteiger charge is -2.44. The van der Waals surface area contributed by atoms with Crippen LogP contribution in [0.4, 0.5) is 0 Å². The van der Waals surface area contributed by atoms with Gasteiger partial charge in [0, 0.05) is 5.02 Å². The lowest BCUT2D eigenvalue weighted by molar-refractivity contribution is -0.166. The van der Waals surface area contributed by atoms with Gasteiger partial charge in [-0.25, -0.2) is 0 Å². The van der Waals surface area contributed by atoms with Gasteiger partial charge in [-0.1, -0.05) is 66.3 Å². The number of benzene rings is 2. The molecule has 8 heteroatoms. The molecule has 1 saturated heterocycles. The highest BCUT2D eigenvalue weighted by atomic mass is 35.5. The lowest BCUT2D eigenvalue weighted by atomic mass is 9.90. The Kier molecular flexibility index (Phi) is 7.06. The van der Waals surface area contributed by atoms with Gasteiger partial charge < -0.3 is 15.4 Å². The molecule has 0 saturated carbocycles. The monoisotopic (exact) mass is 454 g/mol. The average molecular weight is 456 g/mol. The van der Waals surface area contributed by atoms with Crippen LogP contribution in [-0.4, -0.2) is 29.4 Å². The van der Waals surface area contributed by atoms with Crippen molar-refractivity contribution in [2.75, 3.05) is 6.61 Å². The number of carbonyl (C=O) groups is 2. The first kappa shape index (κ1) is 21.9. The molecule has 0 unspecified atom stereocenters. The van der Waals surface area contributed by atoms with Gasteiger partial charge in [-0.05, 0) is 41.8 Å². The Morgan fingerprint density at radius 1 is 1.14 bits per heavy atom. The van der Waals surface area contributed by atoms with Crippen molar-refractivity contribution in [3.05, 3.63) is 68.7 Å². The van der Waals surface area contributed by atoms with E-state index in [9.17, 15) is 9.59 Å². The summed E-state index contributed by atoms with van der Waals surface area (Å²) in [6.07, 6.45) is 0.602. The summed E-state index contributed by atoms with van der Waals surface area (Å²) in [5.74, 6) is -0.840. The Balaban J connectivity index is 2.13. The number of ether oxygens (including phenoxy) is 1. The molecule has 2 aromatic carbocycles. The number of nitrogens with zero attached hydrogens (tertiary/aromatic N) is 1. The van der Waals surface area contributed by atoms with Crippen LogP contribution in [0, 0.1) is 0 Å². The molecule has 1 heterocycles. The molecule has 0 radical (unpaired) electrons. The molecule has 2 aromatic rings. The molecule has 0 aromatic heterocycles. The molecule has 154 valence electrons. The third-order valence-corrected chi connectivity index (χ3v) is 5.96. The summed E-state index contributed by atoms with van der Waals surface area (Å²) in [4.78, 5) is 26.7. The first-order valence-electron chi connectivity index (χ1n) is 9.26. The van der Waals surface area contributed by atoms with Crippen molar-refractivity contribution in [2.45, 2.75) is 38.0 Å². The van der Waals surface area contributed by atoms with E-state index in [0.717, 1.165) is 11.1 Å². The molecule has 3 rings (SSSR count). The summed E-state index contributed by atoms with van der Waals surface area (Å²) in [5, 5.41) is 1.36. The third kappa shape index (κ3) is 4.69. The standard InChI is InChI=1S/C21H21Cl3N2O3/c1-2-3-17(21(25)28)26-18(27)11-29-20(13-6-9-15(23)16(24)10-13)19(26)12-4-7-14(22)8-5-12/h4-10,17,19-20H,2-3,11H2,1H3,(H2,25,28)/t17-,19-,20+/m0/s1. The fraction of sp³-hybridized carbons (Fsp3) is 0.333. The van der Waals surface area contributed by atoms with E-state index in [4.69, 9.17) is 45.3 Å². The van der Waals surface area contributed by atoms with Crippen molar-refractivity contribution in [3.8, 4) is 0 Å². The molecular formula is C21H21Cl3N2O3. The second-order valence-corrected chi connectivity index (χ2v) is 8.16. The highest BCUT2D eigenvalue weighted by Gasteiger charge is 2.43. The maximum Gasteiger partial charge on any atom is 0.249 e. The van der Waals surface area contributed by atoms with Crippen LogP contribution >= 0.6 is 34.8 Å². The van der Waals surface area contributed by atoms with E-state index < -0.39 is 24.1 Å². The maximum absolute atomic E-state index is 12.9. The lowest BCUT2D eigenvalue weighted by Crippen LogP contribution is -2.55. The van der Waals surface area contributed by atoms with Gasteiger partial charge in [0.05, 0.1) is 16.1 Å². The number of amides is 2. The minimum absolute atomic E-state index is 0.164. The number of rotatable bonds is 6. The van der Waals surface area contributed by atoms with E-state index in [2.05, 4.69) is 0 Å². The van der Waals surface area contributed by atoms with Crippen LogP contribution in [-0.2, 0) is 14.3 Å². The van der Waals surface area contributed by atoms with Crippen LogP contribution in [0.2, 0.25) is 15.1 Å². The van der Waals surface area contributed by atoms with Crippen molar-refractivity contribution >= 4 is 46.6 Å². The molecule has 0 bridgehead atoms. The molecule has 3 atom stereocenters. The number of primary amides is 1. The van der Waals surface area contributed by atoms with Crippen LogP contribution < -0.4 is 5.73 Å². The summed E-state index contributed by atoms with van der Waals surface area (Å²) < 4.78 is 5.93. The summed E-state index contributed by atoms with van der Waals surface area (Å²) in [6.45, 7) is 1.77. The largest absolute Gasteiger partial charge is 0.368 e. The van der Waals surface area contributed by atoms with Crippen molar-refractivity contribution in [2.24, 2.45) is 5.73 Å². The molecule has 5 nitrogen and oxygen atoms in total. The van der Waals surface area contributed by atoms with Crippen LogP contribution in [0.3, 0.4) is 0 Å². The molecule has 2 N–H and O–H groups in total. The number of carbonyl (C=O) groups excluding carboxylic acids is 2. The normalized spacial score (nSPS) is 20.6. The van der Waals surface area contributed by atoms with E-state index in [-0.39, 0.29) is 12.5 Å². The van der Waals surface area contributed by atoms with Gasteiger partial charge >= 0.3 is 0 Å². The van der Waals surface area contributed by atoms with Crippen molar-refractivity contribution in [3.63, 3.8) is 0 Å². The Bertz CT molecular complexity index is 905. The van der Waals surface area contributed by atoms with Crippen LogP contribution in [0.1, 0.15) is 43.0 Å². The topological polar surface area (TPSA) is 72.6 Å². The molecule has 1 aliphatic heterocycles. The molecule has 0 aliphatic carbocycles. The second-order valence-electron chi connectivity index (χ2n) is 6.91. The van der Waals surface area contributed by atoms with Crippen molar-refractivity contribution in [1.29, 1.82) is 0 Å². The minimum atomic E-state index is -0.748. The predicted octanol–water partition coefficient (Wildman–Crippen LogP) is 4.94. The van der Waals surface area contributed by atoms with E-state index in [1.165, 1.54) is 0 Å². The Morgan fingerprint density at radius 3 is 2.38 bits per heavy atom. The number of hydrogen-bond donors (Lipinski definition) is 1. The Labute approximate surface area is 184 Å². The van der Waals surface area contributed by atoms with Gasteiger partial charge in [-0.15, -0.1) is 0 Å². The SMILES string of the molecule is CCC[C@@H](C(N)=O)N1C(=O)CO[C@H](c2ccc(Cl)c(Cl)c2)[C@@H]1c1ccc(Cl)cc1. The van der Waals surface area contributed by atoms with Gasteiger partial charge in [0.25, 0.3) is 0 Å². The molecular weight excluding hydrogens is 435 g/mol. The van der Waals surface area contributed by atoms with Crippen molar-refractivity contribution in [1.82, 2.24) is 4.90 Å². The van der Waals surface area contributed by atoms with Crippen LogP contribution in [0.25, 0.3) is 0 Å². The maximum atomic E-state index is 12.9. The zero-order valence-corrected chi connectivity index (χ0v) is 18.0. The predicted molar refractivity (Wildman–Crippen MR) is 114 cm³/mol. The van der Waals surface area contributed by atoms with Crippen LogP contribution in [0.15, 0.2) is 42.5 Å². The quantitative estimate of drug-likeness (QED) is 0.670. The summed E-state index contributed by atoms with van der Waals surface area (Å²) in [5.41, 5.74) is 7.20. The zero-order valence-electron chi connectivity index (χ0n) is 15.8. The summed E-state index contributed by atoms with van der Waals surface area (Å²) >= 11 is 18.3. The number of halogens is 3. The highest BCUT2D eigenvalue weighted by Crippen LogP contribution is 2.43. The molecule has 0 spiro atoms. The Hall–Kier alpha value is -1.79. The fourth-order valence-electron chi connectivity index (χ4n) is 3.65. The van der Waals surface area contributed by atoms with E-state index >= 15 is 0 Å². The van der Waals surface area contributed by atoms with Gasteiger partial charge in [-0.3, -0.25) is 9.59 Å². The molecule has 29 heavy (non-hydrogen) atoms. The average Bonchev–Trinajstić information content (AvgIpc) is 2.69. The third-order valence-electron chi connectivity index (χ3n) is 4.97.